The van der Waals surface area contributed by atoms with Gasteiger partial charge < -0.3 is 15.2 Å². The lowest BCUT2D eigenvalue weighted by Crippen LogP contribution is -2.47. The van der Waals surface area contributed by atoms with E-state index in [9.17, 15) is 4.79 Å². The van der Waals surface area contributed by atoms with Gasteiger partial charge in [-0.3, -0.25) is 9.69 Å². The normalized spacial score (nSPS) is 17.9. The van der Waals surface area contributed by atoms with Crippen molar-refractivity contribution in [1.82, 2.24) is 4.90 Å². The number of hydrogen-bond donors (Lipinski definition) is 2. The highest BCUT2D eigenvalue weighted by Crippen LogP contribution is 2.19. The molecule has 0 spiro atoms. The smallest absolute Gasteiger partial charge is 0.241 e. The Morgan fingerprint density at radius 1 is 1.48 bits per heavy atom. The molecule has 2 N–H and O–H groups in total. The second-order valence-electron chi connectivity index (χ2n) is 5.86. The lowest BCUT2D eigenvalue weighted by atomic mass is 10.1. The van der Waals surface area contributed by atoms with Crippen LogP contribution < -0.4 is 5.32 Å². The molecule has 1 aliphatic rings. The van der Waals surface area contributed by atoms with Gasteiger partial charge in [-0.15, -0.1) is 0 Å². The third kappa shape index (κ3) is 5.77. The summed E-state index contributed by atoms with van der Waals surface area (Å²) in [6, 6.07) is 6.98. The molecule has 1 aliphatic heterocycles. The van der Waals surface area contributed by atoms with Gasteiger partial charge in [0.2, 0.25) is 5.91 Å². The molecule has 1 fully saturated rings. The molecule has 1 amide bonds. The van der Waals surface area contributed by atoms with Crippen LogP contribution in [0.4, 0.5) is 5.69 Å². The first-order chi connectivity index (χ1) is 11.1. The number of carbonyl (C=O) groups excluding carboxylic acids is 1. The Morgan fingerprint density at radius 2 is 2.22 bits per heavy atom. The fraction of sp³-hybridized carbons (Fsp3) is 0.588. The molecule has 2 rings (SSSR count). The first-order valence-corrected chi connectivity index (χ1v) is 8.51. The number of ether oxygens (including phenoxy) is 1. The monoisotopic (exact) mass is 340 g/mol. The predicted octanol–water partition coefficient (Wildman–Crippen LogP) is 2.53. The summed E-state index contributed by atoms with van der Waals surface area (Å²) in [6.07, 6.45) is 2.75. The number of anilines is 1. The number of carbonyl (C=O) groups is 1. The molecule has 23 heavy (non-hydrogen) atoms. The maximum Gasteiger partial charge on any atom is 0.241 e. The second-order valence-corrected chi connectivity index (χ2v) is 6.30. The van der Waals surface area contributed by atoms with Gasteiger partial charge in [-0.2, -0.15) is 0 Å². The first kappa shape index (κ1) is 18.2. The molecule has 0 aromatic heterocycles. The van der Waals surface area contributed by atoms with E-state index in [2.05, 4.69) is 10.2 Å². The van der Waals surface area contributed by atoms with Gasteiger partial charge in [0.1, 0.15) is 0 Å². The molecule has 128 valence electrons. The summed E-state index contributed by atoms with van der Waals surface area (Å²) < 4.78 is 5.72. The van der Waals surface area contributed by atoms with Crippen molar-refractivity contribution in [3.05, 3.63) is 29.3 Å². The lowest BCUT2D eigenvalue weighted by molar-refractivity contribution is -0.121. The van der Waals surface area contributed by atoms with Crippen LogP contribution in [0.25, 0.3) is 0 Å². The van der Waals surface area contributed by atoms with Crippen LogP contribution in [0.2, 0.25) is 5.02 Å². The van der Waals surface area contributed by atoms with Crippen molar-refractivity contribution in [2.24, 2.45) is 0 Å². The van der Waals surface area contributed by atoms with E-state index in [1.54, 1.807) is 12.1 Å². The van der Waals surface area contributed by atoms with Crippen LogP contribution in [0.5, 0.6) is 0 Å². The maximum absolute atomic E-state index is 12.4. The molecular weight excluding hydrogens is 316 g/mol. The molecule has 1 aromatic carbocycles. The van der Waals surface area contributed by atoms with E-state index in [0.717, 1.165) is 31.6 Å². The van der Waals surface area contributed by atoms with Crippen molar-refractivity contribution in [3.8, 4) is 0 Å². The Kier molecular flexibility index (Phi) is 7.30. The molecule has 1 aromatic rings. The third-order valence-electron chi connectivity index (χ3n) is 4.15. The summed E-state index contributed by atoms with van der Waals surface area (Å²) in [5.74, 6) is -0.0214. The minimum atomic E-state index is -0.188. The fourth-order valence-electron chi connectivity index (χ4n) is 2.72. The number of rotatable bonds is 7. The highest BCUT2D eigenvalue weighted by Gasteiger charge is 2.26. The van der Waals surface area contributed by atoms with Gasteiger partial charge in [0.25, 0.3) is 0 Å². The Bertz CT molecular complexity index is 504. The largest absolute Gasteiger partial charge is 0.396 e. The second kappa shape index (κ2) is 9.23. The number of halogens is 1. The fourth-order valence-corrected chi connectivity index (χ4v) is 2.91. The summed E-state index contributed by atoms with van der Waals surface area (Å²) in [5.41, 5.74) is 0.719. The lowest BCUT2D eigenvalue weighted by Gasteiger charge is -2.35. The standard InChI is InChI=1S/C17H25ClN2O3/c1-13(17(22)19-15-5-2-4-14(18)12-15)20-8-6-16(7-9-20)23-11-3-10-21/h2,4-5,12-13,16,21H,3,6-11H2,1H3,(H,19,22). The van der Waals surface area contributed by atoms with Crippen molar-refractivity contribution >= 4 is 23.2 Å². The SMILES string of the molecule is CC(C(=O)Nc1cccc(Cl)c1)N1CCC(OCCCO)CC1. The molecule has 1 heterocycles. The van der Waals surface area contributed by atoms with Crippen LogP contribution >= 0.6 is 11.6 Å². The quantitative estimate of drug-likeness (QED) is 0.749. The summed E-state index contributed by atoms with van der Waals surface area (Å²) in [4.78, 5) is 14.5. The van der Waals surface area contributed by atoms with Gasteiger partial charge in [0, 0.05) is 37.0 Å². The zero-order valence-corrected chi connectivity index (χ0v) is 14.3. The summed E-state index contributed by atoms with van der Waals surface area (Å²) in [6.45, 7) is 4.38. The highest BCUT2D eigenvalue weighted by molar-refractivity contribution is 6.30. The molecule has 0 aliphatic carbocycles. The predicted molar refractivity (Wildman–Crippen MR) is 91.8 cm³/mol. The van der Waals surface area contributed by atoms with E-state index in [0.29, 0.717) is 18.1 Å². The maximum atomic E-state index is 12.4. The van der Waals surface area contributed by atoms with Gasteiger partial charge >= 0.3 is 0 Å². The number of hydrogen-bond acceptors (Lipinski definition) is 4. The minimum Gasteiger partial charge on any atom is -0.396 e. The van der Waals surface area contributed by atoms with Crippen molar-refractivity contribution in [1.29, 1.82) is 0 Å². The van der Waals surface area contributed by atoms with Crippen molar-refractivity contribution in [2.75, 3.05) is 31.6 Å². The number of aliphatic hydroxyl groups excluding tert-OH is 1. The van der Waals surface area contributed by atoms with Crippen LogP contribution in [0.3, 0.4) is 0 Å². The van der Waals surface area contributed by atoms with Gasteiger partial charge in [-0.25, -0.2) is 0 Å². The van der Waals surface area contributed by atoms with E-state index >= 15 is 0 Å². The highest BCUT2D eigenvalue weighted by atomic mass is 35.5. The van der Waals surface area contributed by atoms with Crippen LogP contribution in [0.15, 0.2) is 24.3 Å². The number of nitrogens with one attached hydrogen (secondary N) is 1. The Hall–Kier alpha value is -1.14. The number of piperidine rings is 1. The molecule has 1 atom stereocenters. The average molecular weight is 341 g/mol. The van der Waals surface area contributed by atoms with Crippen LogP contribution in [0.1, 0.15) is 26.2 Å². The van der Waals surface area contributed by atoms with Crippen LogP contribution in [-0.4, -0.2) is 54.4 Å². The van der Waals surface area contributed by atoms with E-state index in [1.165, 1.54) is 0 Å². The van der Waals surface area contributed by atoms with Gasteiger partial charge in [0.15, 0.2) is 0 Å². The molecule has 0 saturated carbocycles. The molecule has 0 bridgehead atoms. The number of benzene rings is 1. The Morgan fingerprint density at radius 3 is 2.87 bits per heavy atom. The van der Waals surface area contributed by atoms with E-state index in [-0.39, 0.29) is 24.7 Å². The Labute approximate surface area is 142 Å². The van der Waals surface area contributed by atoms with Crippen molar-refractivity contribution in [3.63, 3.8) is 0 Å². The molecule has 1 saturated heterocycles. The van der Waals surface area contributed by atoms with Gasteiger partial charge in [-0.05, 0) is 44.4 Å². The first-order valence-electron chi connectivity index (χ1n) is 8.13. The number of nitrogens with zero attached hydrogens (tertiary/aromatic N) is 1. The minimum absolute atomic E-state index is 0.0214. The zero-order chi connectivity index (χ0) is 16.7. The number of aliphatic hydroxyl groups is 1. The molecule has 0 radical (unpaired) electrons. The molecule has 1 unspecified atom stereocenters. The van der Waals surface area contributed by atoms with Gasteiger partial charge in [0.05, 0.1) is 12.1 Å². The summed E-state index contributed by atoms with van der Waals surface area (Å²) >= 11 is 5.93. The van der Waals surface area contributed by atoms with Crippen LogP contribution in [0, 0.1) is 0 Å². The van der Waals surface area contributed by atoms with E-state index < -0.39 is 0 Å². The van der Waals surface area contributed by atoms with E-state index in [1.807, 2.05) is 19.1 Å². The van der Waals surface area contributed by atoms with Crippen molar-refractivity contribution < 1.29 is 14.6 Å². The number of amides is 1. The number of likely N-dealkylation sites (tertiary alicyclic amines) is 1. The van der Waals surface area contributed by atoms with E-state index in [4.69, 9.17) is 21.4 Å². The molecule has 5 nitrogen and oxygen atoms in total. The summed E-state index contributed by atoms with van der Waals surface area (Å²) in [7, 11) is 0. The molecular formula is C17H25ClN2O3. The summed E-state index contributed by atoms with van der Waals surface area (Å²) in [5, 5.41) is 12.3. The zero-order valence-electron chi connectivity index (χ0n) is 13.5. The van der Waals surface area contributed by atoms with Crippen LogP contribution in [-0.2, 0) is 9.53 Å². The molecule has 6 heteroatoms. The average Bonchev–Trinajstić information content (AvgIpc) is 2.55. The van der Waals surface area contributed by atoms with Crippen molar-refractivity contribution in [2.45, 2.75) is 38.3 Å². The Balaban J connectivity index is 1.77. The van der Waals surface area contributed by atoms with Gasteiger partial charge in [-0.1, -0.05) is 17.7 Å². The topological polar surface area (TPSA) is 61.8 Å². The third-order valence-corrected chi connectivity index (χ3v) is 4.39.